The lowest BCUT2D eigenvalue weighted by Gasteiger charge is -2.24. The van der Waals surface area contributed by atoms with E-state index in [1.807, 2.05) is 10.6 Å². The summed E-state index contributed by atoms with van der Waals surface area (Å²) >= 11 is 0. The van der Waals surface area contributed by atoms with Crippen molar-refractivity contribution in [2.45, 2.75) is 54.1 Å². The van der Waals surface area contributed by atoms with Gasteiger partial charge in [-0.1, -0.05) is 23.8 Å². The highest BCUT2D eigenvalue weighted by Crippen LogP contribution is 2.30. The predicted molar refractivity (Wildman–Crippen MR) is 134 cm³/mol. The maximum Gasteiger partial charge on any atom is 0.330 e. The first-order valence-corrected chi connectivity index (χ1v) is 11.3. The first-order chi connectivity index (χ1) is 15.7. The van der Waals surface area contributed by atoms with Crippen molar-refractivity contribution in [1.29, 1.82) is 0 Å². The molecule has 7 heteroatoms. The van der Waals surface area contributed by atoms with Crippen LogP contribution in [-0.4, -0.2) is 21.6 Å². The lowest BCUT2D eigenvalue weighted by Crippen LogP contribution is -2.42. The molecule has 172 valence electrons. The van der Waals surface area contributed by atoms with Crippen LogP contribution < -0.4 is 22.6 Å². The van der Waals surface area contributed by atoms with Crippen LogP contribution >= 0.6 is 0 Å². The topological polar surface area (TPSA) is 104 Å². The molecule has 0 radical (unpaired) electrons. The third-order valence-corrected chi connectivity index (χ3v) is 6.37. The number of nitrogens with zero attached hydrogens (tertiary/aromatic N) is 4. The Morgan fingerprint density at radius 2 is 1.61 bits per heavy atom. The van der Waals surface area contributed by atoms with Gasteiger partial charge >= 0.3 is 5.69 Å². The van der Waals surface area contributed by atoms with E-state index in [1.54, 1.807) is 4.57 Å². The molecule has 0 spiro atoms. The molecular formula is C26H32N6O. The SMILES string of the molecule is Cc1cc(C)c(N=c2cc3n(c(=O)n2CCN=C(N)N)CCc2cc(C)c(C)cc2-3)c(C)c1. The molecule has 0 amide bonds. The zero-order valence-electron chi connectivity index (χ0n) is 20.1. The van der Waals surface area contributed by atoms with Gasteiger partial charge in [-0.25, -0.2) is 9.79 Å². The van der Waals surface area contributed by atoms with Gasteiger partial charge in [0.25, 0.3) is 0 Å². The fourth-order valence-electron chi connectivity index (χ4n) is 4.66. The molecule has 0 unspecified atom stereocenters. The second kappa shape index (κ2) is 8.73. The smallest absolute Gasteiger partial charge is 0.330 e. The van der Waals surface area contributed by atoms with E-state index in [1.165, 1.54) is 22.3 Å². The minimum absolute atomic E-state index is 0.0112. The van der Waals surface area contributed by atoms with Gasteiger partial charge in [-0.2, -0.15) is 0 Å². The van der Waals surface area contributed by atoms with Gasteiger partial charge in [-0.3, -0.25) is 14.1 Å². The summed E-state index contributed by atoms with van der Waals surface area (Å²) in [5, 5.41) is 0. The molecular weight excluding hydrogens is 412 g/mol. The van der Waals surface area contributed by atoms with Gasteiger partial charge in [0.2, 0.25) is 0 Å². The van der Waals surface area contributed by atoms with E-state index in [2.05, 4.69) is 63.9 Å². The number of rotatable bonds is 4. The summed E-state index contributed by atoms with van der Waals surface area (Å²) in [6.45, 7) is 11.7. The summed E-state index contributed by atoms with van der Waals surface area (Å²) in [4.78, 5) is 22.7. The second-order valence-electron chi connectivity index (χ2n) is 8.98. The van der Waals surface area contributed by atoms with Gasteiger partial charge < -0.3 is 11.5 Å². The number of hydrogen-bond acceptors (Lipinski definition) is 3. The summed E-state index contributed by atoms with van der Waals surface area (Å²) in [7, 11) is 0. The lowest BCUT2D eigenvalue weighted by molar-refractivity contribution is 0.547. The van der Waals surface area contributed by atoms with Crippen LogP contribution in [-0.2, 0) is 19.5 Å². The normalized spacial score (nSPS) is 12.9. The maximum atomic E-state index is 13.6. The van der Waals surface area contributed by atoms with Gasteiger partial charge in [-0.05, 0) is 74.9 Å². The molecule has 1 aromatic heterocycles. The highest BCUT2D eigenvalue weighted by atomic mass is 16.1. The van der Waals surface area contributed by atoms with Crippen LogP contribution in [0, 0.1) is 34.6 Å². The van der Waals surface area contributed by atoms with Crippen molar-refractivity contribution in [2.75, 3.05) is 6.54 Å². The Balaban J connectivity index is 2.00. The fourth-order valence-corrected chi connectivity index (χ4v) is 4.66. The Morgan fingerprint density at radius 1 is 0.939 bits per heavy atom. The molecule has 2 aromatic carbocycles. The molecule has 4 N–H and O–H groups in total. The van der Waals surface area contributed by atoms with E-state index >= 15 is 0 Å². The number of aliphatic imine (C=N–C) groups is 1. The van der Waals surface area contributed by atoms with E-state index in [0.29, 0.717) is 25.1 Å². The number of fused-ring (bicyclic) bond motifs is 3. The predicted octanol–water partition coefficient (Wildman–Crippen LogP) is 2.92. The highest BCUT2D eigenvalue weighted by Gasteiger charge is 2.20. The molecule has 0 saturated carbocycles. The molecule has 1 aliphatic rings. The molecule has 0 fully saturated rings. The molecule has 7 nitrogen and oxygen atoms in total. The van der Waals surface area contributed by atoms with Crippen molar-refractivity contribution in [3.05, 3.63) is 79.7 Å². The molecule has 0 atom stereocenters. The first-order valence-electron chi connectivity index (χ1n) is 11.3. The molecule has 0 aliphatic carbocycles. The molecule has 0 bridgehead atoms. The Labute approximate surface area is 194 Å². The number of hydrogen-bond donors (Lipinski definition) is 2. The molecule has 3 aromatic rings. The van der Waals surface area contributed by atoms with Crippen LogP contribution in [0.3, 0.4) is 0 Å². The number of aryl methyl sites for hydroxylation is 6. The van der Waals surface area contributed by atoms with Crippen LogP contribution in [0.2, 0.25) is 0 Å². The van der Waals surface area contributed by atoms with Gasteiger partial charge in [0, 0.05) is 24.7 Å². The Morgan fingerprint density at radius 3 is 2.27 bits per heavy atom. The van der Waals surface area contributed by atoms with E-state index < -0.39 is 0 Å². The molecule has 4 rings (SSSR count). The summed E-state index contributed by atoms with van der Waals surface area (Å²) in [5.74, 6) is 0.0112. The largest absolute Gasteiger partial charge is 0.370 e. The van der Waals surface area contributed by atoms with Crippen molar-refractivity contribution in [3.8, 4) is 11.3 Å². The first kappa shape index (κ1) is 22.6. The Bertz CT molecular complexity index is 1380. The summed E-state index contributed by atoms with van der Waals surface area (Å²) in [5.41, 5.74) is 21.5. The van der Waals surface area contributed by atoms with Gasteiger partial charge in [-0.15, -0.1) is 0 Å². The number of aromatic nitrogens is 2. The summed E-state index contributed by atoms with van der Waals surface area (Å²) < 4.78 is 3.53. The zero-order chi connectivity index (χ0) is 23.9. The van der Waals surface area contributed by atoms with Crippen molar-refractivity contribution >= 4 is 11.6 Å². The number of benzene rings is 2. The van der Waals surface area contributed by atoms with Crippen molar-refractivity contribution in [2.24, 2.45) is 21.5 Å². The van der Waals surface area contributed by atoms with Crippen LogP contribution in [0.5, 0.6) is 0 Å². The quantitative estimate of drug-likeness (QED) is 0.478. The van der Waals surface area contributed by atoms with E-state index in [0.717, 1.165) is 34.5 Å². The van der Waals surface area contributed by atoms with Crippen molar-refractivity contribution in [1.82, 2.24) is 9.13 Å². The summed E-state index contributed by atoms with van der Waals surface area (Å²) in [6, 6.07) is 10.7. The average molecular weight is 445 g/mol. The maximum absolute atomic E-state index is 13.6. The van der Waals surface area contributed by atoms with E-state index in [-0.39, 0.29) is 11.6 Å². The highest BCUT2D eigenvalue weighted by molar-refractivity contribution is 5.75. The molecule has 1 aliphatic heterocycles. The lowest BCUT2D eigenvalue weighted by atomic mass is 9.93. The van der Waals surface area contributed by atoms with Gasteiger partial charge in [0.1, 0.15) is 5.49 Å². The fraction of sp³-hybridized carbons (Fsp3) is 0.346. The van der Waals surface area contributed by atoms with Crippen molar-refractivity contribution in [3.63, 3.8) is 0 Å². The van der Waals surface area contributed by atoms with Crippen LogP contribution in [0.1, 0.15) is 33.4 Å². The summed E-state index contributed by atoms with van der Waals surface area (Å²) in [6.07, 6.45) is 0.823. The van der Waals surface area contributed by atoms with Gasteiger partial charge in [0.05, 0.1) is 17.9 Å². The van der Waals surface area contributed by atoms with Crippen LogP contribution in [0.25, 0.3) is 11.3 Å². The van der Waals surface area contributed by atoms with E-state index in [9.17, 15) is 4.79 Å². The van der Waals surface area contributed by atoms with Crippen LogP contribution in [0.4, 0.5) is 5.69 Å². The number of guanidine groups is 1. The van der Waals surface area contributed by atoms with Crippen molar-refractivity contribution < 1.29 is 0 Å². The van der Waals surface area contributed by atoms with Gasteiger partial charge in [0.15, 0.2) is 5.96 Å². The molecule has 2 heterocycles. The van der Waals surface area contributed by atoms with Crippen LogP contribution in [0.15, 0.2) is 45.1 Å². The third-order valence-electron chi connectivity index (χ3n) is 6.37. The zero-order valence-corrected chi connectivity index (χ0v) is 20.1. The Kier molecular flexibility index (Phi) is 5.97. The second-order valence-corrected chi connectivity index (χ2v) is 8.98. The Hall–Kier alpha value is -3.61. The number of nitrogens with two attached hydrogens (primary N) is 2. The monoisotopic (exact) mass is 444 g/mol. The standard InChI is InChI=1S/C26H32N6O/c1-15-10-18(4)24(19(5)11-15)30-23-14-22-21-13-17(3)16(2)12-20(21)6-8-31(22)26(33)32(23)9-7-29-25(27)28/h10-14H,6-9H2,1-5H3,(H4,27,28,29). The molecule has 33 heavy (non-hydrogen) atoms. The molecule has 0 saturated heterocycles. The third kappa shape index (κ3) is 4.35. The average Bonchev–Trinajstić information content (AvgIpc) is 2.73. The van der Waals surface area contributed by atoms with E-state index in [4.69, 9.17) is 16.5 Å². The minimum atomic E-state index is -0.0941. The minimum Gasteiger partial charge on any atom is -0.370 e.